The molecule has 6 N–H and O–H groups in total. The molecule has 1 aliphatic heterocycles. The molecular formula is C12H25BN2O4. The number of carboxylic acid groups (broad SMARTS) is 1. The summed E-state index contributed by atoms with van der Waals surface area (Å²) in [5.41, 5.74) is 4.50. The number of nitrogens with two attached hydrogens (primary N) is 1. The van der Waals surface area contributed by atoms with Gasteiger partial charge in [-0.05, 0) is 57.1 Å². The van der Waals surface area contributed by atoms with Gasteiger partial charge in [0.1, 0.15) is 0 Å². The maximum Gasteiger partial charge on any atom is 0.451 e. The van der Waals surface area contributed by atoms with Gasteiger partial charge < -0.3 is 26.2 Å². The Labute approximate surface area is 114 Å². The summed E-state index contributed by atoms with van der Waals surface area (Å²) >= 11 is 0. The lowest BCUT2D eigenvalue weighted by molar-refractivity contribution is -0.143. The lowest BCUT2D eigenvalue weighted by Gasteiger charge is -2.21. The summed E-state index contributed by atoms with van der Waals surface area (Å²) in [6.07, 6.45) is 2.60. The highest BCUT2D eigenvalue weighted by Gasteiger charge is 2.47. The Morgan fingerprint density at radius 2 is 2.05 bits per heavy atom. The zero-order valence-corrected chi connectivity index (χ0v) is 11.5. The van der Waals surface area contributed by atoms with Gasteiger partial charge in [0.2, 0.25) is 0 Å². The third-order valence-electron chi connectivity index (χ3n) is 4.33. The van der Waals surface area contributed by atoms with Crippen LogP contribution in [-0.2, 0) is 4.79 Å². The van der Waals surface area contributed by atoms with Crippen LogP contribution in [0.3, 0.4) is 0 Å². The molecule has 4 atom stereocenters. The maximum absolute atomic E-state index is 11.2. The molecule has 4 unspecified atom stereocenters. The van der Waals surface area contributed by atoms with Crippen molar-refractivity contribution in [2.24, 2.45) is 29.4 Å². The molecule has 0 amide bonds. The molecule has 0 aromatic carbocycles. The number of carboxylic acids is 1. The van der Waals surface area contributed by atoms with E-state index in [0.717, 1.165) is 25.9 Å². The average Bonchev–Trinajstić information content (AvgIpc) is 2.93. The predicted octanol–water partition coefficient (Wildman–Crippen LogP) is -0.629. The quantitative estimate of drug-likeness (QED) is 0.426. The van der Waals surface area contributed by atoms with Crippen molar-refractivity contribution in [3.8, 4) is 0 Å². The van der Waals surface area contributed by atoms with Crippen molar-refractivity contribution in [1.29, 1.82) is 0 Å². The van der Waals surface area contributed by atoms with Gasteiger partial charge in [-0.1, -0.05) is 6.42 Å². The van der Waals surface area contributed by atoms with Crippen LogP contribution in [0.25, 0.3) is 0 Å². The van der Waals surface area contributed by atoms with E-state index in [0.29, 0.717) is 24.6 Å². The van der Waals surface area contributed by atoms with Crippen LogP contribution in [0.4, 0.5) is 0 Å². The Balaban J connectivity index is 0.000000861. The Morgan fingerprint density at radius 3 is 2.63 bits per heavy atom. The SMILES string of the molecule is CN.O=C(O)C1CC2CNCC2C1CCCB(O)O. The predicted molar refractivity (Wildman–Crippen MR) is 73.4 cm³/mol. The molecule has 0 aromatic heterocycles. The van der Waals surface area contributed by atoms with Gasteiger partial charge in [-0.2, -0.15) is 0 Å². The first-order valence-corrected chi connectivity index (χ1v) is 6.97. The van der Waals surface area contributed by atoms with Gasteiger partial charge in [0.05, 0.1) is 5.92 Å². The Kier molecular flexibility index (Phi) is 6.78. The van der Waals surface area contributed by atoms with E-state index in [1.165, 1.54) is 7.05 Å². The summed E-state index contributed by atoms with van der Waals surface area (Å²) in [6.45, 7) is 1.86. The van der Waals surface area contributed by atoms with Gasteiger partial charge in [0.15, 0.2) is 0 Å². The number of carbonyl (C=O) groups is 1. The molecule has 2 aliphatic rings. The molecule has 1 saturated carbocycles. The standard InChI is InChI=1S/C11H20BNO4.CH5N/c14-11(15)9-4-7-5-13-6-10(7)8(9)2-1-3-12(16)17;1-2/h7-10,13,16-17H,1-6H2,(H,14,15);2H2,1H3. The van der Waals surface area contributed by atoms with Crippen LogP contribution in [0.2, 0.25) is 6.32 Å². The fraction of sp³-hybridized carbons (Fsp3) is 0.917. The average molecular weight is 272 g/mol. The van der Waals surface area contributed by atoms with Gasteiger partial charge in [-0.25, -0.2) is 0 Å². The molecule has 0 aromatic rings. The van der Waals surface area contributed by atoms with Gasteiger partial charge in [-0.3, -0.25) is 4.79 Å². The molecular weight excluding hydrogens is 247 g/mol. The molecule has 0 radical (unpaired) electrons. The second kappa shape index (κ2) is 7.84. The van der Waals surface area contributed by atoms with Crippen molar-refractivity contribution in [3.05, 3.63) is 0 Å². The van der Waals surface area contributed by atoms with Crippen LogP contribution in [0.1, 0.15) is 19.3 Å². The van der Waals surface area contributed by atoms with E-state index in [-0.39, 0.29) is 11.8 Å². The Bertz CT molecular complexity index is 291. The Hall–Kier alpha value is -0.625. The smallest absolute Gasteiger partial charge is 0.451 e. The normalized spacial score (nSPS) is 32.4. The zero-order chi connectivity index (χ0) is 14.4. The molecule has 110 valence electrons. The van der Waals surface area contributed by atoms with Crippen molar-refractivity contribution < 1.29 is 19.9 Å². The van der Waals surface area contributed by atoms with E-state index in [1.54, 1.807) is 0 Å². The van der Waals surface area contributed by atoms with Crippen molar-refractivity contribution in [3.63, 3.8) is 0 Å². The fourth-order valence-electron chi connectivity index (χ4n) is 3.55. The van der Waals surface area contributed by atoms with Crippen LogP contribution < -0.4 is 11.1 Å². The van der Waals surface area contributed by atoms with Crippen LogP contribution in [0.15, 0.2) is 0 Å². The second-order valence-corrected chi connectivity index (χ2v) is 5.34. The largest absolute Gasteiger partial charge is 0.481 e. The van der Waals surface area contributed by atoms with E-state index in [1.807, 2.05) is 0 Å². The van der Waals surface area contributed by atoms with Crippen molar-refractivity contribution in [1.82, 2.24) is 5.32 Å². The number of rotatable bonds is 5. The highest BCUT2D eigenvalue weighted by molar-refractivity contribution is 6.40. The molecule has 6 nitrogen and oxygen atoms in total. The van der Waals surface area contributed by atoms with Crippen LogP contribution in [0, 0.1) is 23.7 Å². The van der Waals surface area contributed by atoms with Crippen molar-refractivity contribution in [2.45, 2.75) is 25.6 Å². The Morgan fingerprint density at radius 1 is 1.37 bits per heavy atom. The molecule has 0 bridgehead atoms. The van der Waals surface area contributed by atoms with Gasteiger partial charge in [-0.15, -0.1) is 0 Å². The van der Waals surface area contributed by atoms with Crippen LogP contribution >= 0.6 is 0 Å². The summed E-state index contributed by atoms with van der Waals surface area (Å²) < 4.78 is 0. The highest BCUT2D eigenvalue weighted by atomic mass is 16.4. The molecule has 7 heteroatoms. The number of fused-ring (bicyclic) bond motifs is 1. The minimum Gasteiger partial charge on any atom is -0.481 e. The van der Waals surface area contributed by atoms with E-state index >= 15 is 0 Å². The minimum absolute atomic E-state index is 0.200. The molecule has 1 heterocycles. The van der Waals surface area contributed by atoms with Gasteiger partial charge in [0.25, 0.3) is 0 Å². The summed E-state index contributed by atoms with van der Waals surface area (Å²) in [5.74, 6) is 0.246. The van der Waals surface area contributed by atoms with E-state index in [4.69, 9.17) is 10.0 Å². The minimum atomic E-state index is -1.27. The van der Waals surface area contributed by atoms with E-state index < -0.39 is 13.1 Å². The number of hydrogen-bond donors (Lipinski definition) is 5. The molecule has 1 saturated heterocycles. The molecule has 0 spiro atoms. The molecule has 1 aliphatic carbocycles. The van der Waals surface area contributed by atoms with Gasteiger partial charge in [0, 0.05) is 0 Å². The first kappa shape index (κ1) is 16.4. The molecule has 19 heavy (non-hydrogen) atoms. The zero-order valence-electron chi connectivity index (χ0n) is 11.5. The summed E-state index contributed by atoms with van der Waals surface area (Å²) in [6, 6.07) is 0. The van der Waals surface area contributed by atoms with Crippen molar-refractivity contribution in [2.75, 3.05) is 20.1 Å². The summed E-state index contributed by atoms with van der Waals surface area (Å²) in [4.78, 5) is 11.2. The summed E-state index contributed by atoms with van der Waals surface area (Å²) in [7, 11) is 0.234. The number of hydrogen-bond acceptors (Lipinski definition) is 5. The van der Waals surface area contributed by atoms with E-state index in [2.05, 4.69) is 11.1 Å². The van der Waals surface area contributed by atoms with Crippen LogP contribution in [-0.4, -0.2) is 48.4 Å². The highest BCUT2D eigenvalue weighted by Crippen LogP contribution is 2.45. The van der Waals surface area contributed by atoms with Crippen LogP contribution in [0.5, 0.6) is 0 Å². The lowest BCUT2D eigenvalue weighted by atomic mass is 9.78. The lowest BCUT2D eigenvalue weighted by Crippen LogP contribution is -2.26. The number of aliphatic carboxylic acids is 1. The molecule has 2 fully saturated rings. The first-order chi connectivity index (χ1) is 9.09. The molecule has 2 rings (SSSR count). The van der Waals surface area contributed by atoms with Gasteiger partial charge >= 0.3 is 13.1 Å². The first-order valence-electron chi connectivity index (χ1n) is 6.97. The topological polar surface area (TPSA) is 116 Å². The van der Waals surface area contributed by atoms with Crippen molar-refractivity contribution >= 4 is 13.1 Å². The van der Waals surface area contributed by atoms with E-state index in [9.17, 15) is 9.90 Å². The second-order valence-electron chi connectivity index (χ2n) is 5.34. The summed E-state index contributed by atoms with van der Waals surface area (Å²) in [5, 5.41) is 30.2. The number of nitrogens with one attached hydrogen (secondary N) is 1. The third kappa shape index (κ3) is 4.17. The fourth-order valence-corrected chi connectivity index (χ4v) is 3.55. The monoisotopic (exact) mass is 272 g/mol. The third-order valence-corrected chi connectivity index (χ3v) is 4.33. The maximum atomic E-state index is 11.2.